The summed E-state index contributed by atoms with van der Waals surface area (Å²) in [6, 6.07) is 0.324. The van der Waals surface area contributed by atoms with Crippen LogP contribution in [0, 0.1) is 0 Å². The molecule has 25 heavy (non-hydrogen) atoms. The van der Waals surface area contributed by atoms with Crippen LogP contribution < -0.4 is 0 Å². The van der Waals surface area contributed by atoms with Gasteiger partial charge in [0.15, 0.2) is 0 Å². The molecule has 0 atom stereocenters. The van der Waals surface area contributed by atoms with Gasteiger partial charge in [0.25, 0.3) is 0 Å². The highest BCUT2D eigenvalue weighted by Gasteiger charge is 2.28. The fourth-order valence-electron chi connectivity index (χ4n) is 2.92. The van der Waals surface area contributed by atoms with E-state index in [9.17, 15) is 4.79 Å². The van der Waals surface area contributed by atoms with Gasteiger partial charge in [0.05, 0.1) is 0 Å². The first-order valence-electron chi connectivity index (χ1n) is 8.82. The molecule has 0 bridgehead atoms. The number of piperidine rings is 1. The summed E-state index contributed by atoms with van der Waals surface area (Å²) in [4.78, 5) is 18.5. The van der Waals surface area contributed by atoms with Crippen LogP contribution in [0.1, 0.15) is 52.4 Å². The quantitative estimate of drug-likeness (QED) is 0.751. The number of amides is 1. The van der Waals surface area contributed by atoms with E-state index in [-0.39, 0.29) is 6.09 Å². The van der Waals surface area contributed by atoms with Crippen LogP contribution in [0.5, 0.6) is 0 Å². The van der Waals surface area contributed by atoms with E-state index in [4.69, 9.17) is 4.74 Å². The van der Waals surface area contributed by atoms with Crippen molar-refractivity contribution in [3.8, 4) is 0 Å². The second-order valence-corrected chi connectivity index (χ2v) is 7.21. The Morgan fingerprint density at radius 3 is 2.60 bits per heavy atom. The van der Waals surface area contributed by atoms with Gasteiger partial charge < -0.3 is 14.2 Å². The first-order valence-corrected chi connectivity index (χ1v) is 8.82. The number of rotatable bonds is 4. The second kappa shape index (κ2) is 8.19. The summed E-state index contributed by atoms with van der Waals surface area (Å²) >= 11 is 0. The van der Waals surface area contributed by atoms with Crippen molar-refractivity contribution in [1.29, 1.82) is 0 Å². The number of ether oxygens (including phenoxy) is 1. The number of carbonyl (C=O) groups is 1. The lowest BCUT2D eigenvalue weighted by Gasteiger charge is -2.34. The molecule has 1 aromatic rings. The summed E-state index contributed by atoms with van der Waals surface area (Å²) in [5.41, 5.74) is 0.541. The molecule has 0 saturated carbocycles. The molecule has 2 heterocycles. The maximum Gasteiger partial charge on any atom is 0.410 e. The Hall–Kier alpha value is -2.30. The number of allylic oxidation sites excluding steroid dienone is 5. The Labute approximate surface area is 150 Å². The van der Waals surface area contributed by atoms with Crippen LogP contribution in [0.2, 0.25) is 0 Å². The summed E-state index contributed by atoms with van der Waals surface area (Å²) in [5.74, 6) is 0.920. The van der Waals surface area contributed by atoms with E-state index >= 15 is 0 Å². The standard InChI is InChI=1S/C20H29N3O2/c1-6-8-9-16(7-2)18-21-12-15-23(18)17-10-13-22(14-11-17)19(24)25-20(3,4)5/h6-9,12,15,17H,2,10-11,13-14H2,1,3-5H3/b8-6-,16-9+. The van der Waals surface area contributed by atoms with Gasteiger partial charge in [0, 0.05) is 37.1 Å². The van der Waals surface area contributed by atoms with Gasteiger partial charge in [0.2, 0.25) is 0 Å². The number of hydrogen-bond donors (Lipinski definition) is 0. The maximum absolute atomic E-state index is 12.2. The van der Waals surface area contributed by atoms with Crippen molar-refractivity contribution in [2.45, 2.75) is 52.2 Å². The molecule has 0 unspecified atom stereocenters. The van der Waals surface area contributed by atoms with Crippen molar-refractivity contribution >= 4 is 11.7 Å². The molecule has 136 valence electrons. The van der Waals surface area contributed by atoms with Gasteiger partial charge in [-0.3, -0.25) is 0 Å². The smallest absolute Gasteiger partial charge is 0.410 e. The molecule has 5 heteroatoms. The largest absolute Gasteiger partial charge is 0.444 e. The molecular weight excluding hydrogens is 314 g/mol. The zero-order chi connectivity index (χ0) is 18.4. The van der Waals surface area contributed by atoms with E-state index < -0.39 is 5.60 Å². The number of imidazole rings is 1. The molecule has 0 radical (unpaired) electrons. The van der Waals surface area contributed by atoms with E-state index in [2.05, 4.69) is 16.1 Å². The second-order valence-electron chi connectivity index (χ2n) is 7.21. The van der Waals surface area contributed by atoms with Crippen LogP contribution in [0.15, 0.2) is 43.3 Å². The van der Waals surface area contributed by atoms with Crippen molar-refractivity contribution in [1.82, 2.24) is 14.5 Å². The average molecular weight is 343 g/mol. The van der Waals surface area contributed by atoms with Crippen LogP contribution in [-0.2, 0) is 4.74 Å². The molecule has 1 aliphatic rings. The van der Waals surface area contributed by atoms with E-state index in [0.29, 0.717) is 19.1 Å². The summed E-state index contributed by atoms with van der Waals surface area (Å²) in [7, 11) is 0. The van der Waals surface area contributed by atoms with E-state index in [1.165, 1.54) is 0 Å². The summed E-state index contributed by atoms with van der Waals surface area (Å²) in [6.45, 7) is 12.9. The molecular formula is C20H29N3O2. The SMILES string of the molecule is C=C/C(=C\C=C/C)c1nccn1C1CCN(C(=O)OC(C)(C)C)CC1. The molecule has 0 N–H and O–H groups in total. The van der Waals surface area contributed by atoms with E-state index in [1.807, 2.05) is 64.4 Å². The van der Waals surface area contributed by atoms with E-state index in [1.54, 1.807) is 4.90 Å². The summed E-state index contributed by atoms with van der Waals surface area (Å²) in [5, 5.41) is 0. The Morgan fingerprint density at radius 2 is 2.04 bits per heavy atom. The summed E-state index contributed by atoms with van der Waals surface area (Å²) in [6.07, 6.45) is 13.2. The van der Waals surface area contributed by atoms with Gasteiger partial charge in [-0.1, -0.05) is 30.9 Å². The Morgan fingerprint density at radius 1 is 1.36 bits per heavy atom. The molecule has 1 fully saturated rings. The number of carbonyl (C=O) groups excluding carboxylic acids is 1. The molecule has 2 rings (SSSR count). The highest BCUT2D eigenvalue weighted by Crippen LogP contribution is 2.27. The molecule has 1 aliphatic heterocycles. The fraction of sp³-hybridized carbons (Fsp3) is 0.500. The third-order valence-electron chi connectivity index (χ3n) is 4.12. The van der Waals surface area contributed by atoms with Crippen molar-refractivity contribution < 1.29 is 9.53 Å². The van der Waals surface area contributed by atoms with Crippen LogP contribution in [0.4, 0.5) is 4.79 Å². The minimum Gasteiger partial charge on any atom is -0.444 e. The molecule has 1 saturated heterocycles. The Bertz CT molecular complexity index is 657. The zero-order valence-corrected chi connectivity index (χ0v) is 15.7. The van der Waals surface area contributed by atoms with Crippen LogP contribution >= 0.6 is 0 Å². The van der Waals surface area contributed by atoms with Gasteiger partial charge >= 0.3 is 6.09 Å². The maximum atomic E-state index is 12.2. The van der Waals surface area contributed by atoms with Crippen LogP contribution in [-0.4, -0.2) is 39.2 Å². The van der Waals surface area contributed by atoms with Gasteiger partial charge in [0.1, 0.15) is 11.4 Å². The van der Waals surface area contributed by atoms with E-state index in [0.717, 1.165) is 24.2 Å². The number of hydrogen-bond acceptors (Lipinski definition) is 3. The highest BCUT2D eigenvalue weighted by molar-refractivity contribution is 5.71. The summed E-state index contributed by atoms with van der Waals surface area (Å²) < 4.78 is 7.66. The first-order chi connectivity index (χ1) is 11.9. The van der Waals surface area contributed by atoms with Crippen molar-refractivity contribution in [3.63, 3.8) is 0 Å². The lowest BCUT2D eigenvalue weighted by Crippen LogP contribution is -2.42. The van der Waals surface area contributed by atoms with Gasteiger partial charge in [-0.25, -0.2) is 9.78 Å². The third kappa shape index (κ3) is 5.08. The lowest BCUT2D eigenvalue weighted by molar-refractivity contribution is 0.0188. The van der Waals surface area contributed by atoms with Crippen molar-refractivity contribution in [2.24, 2.45) is 0 Å². The number of nitrogens with zero attached hydrogens (tertiary/aromatic N) is 3. The number of likely N-dealkylation sites (tertiary alicyclic amines) is 1. The Kier molecular flexibility index (Phi) is 6.23. The minimum absolute atomic E-state index is 0.225. The van der Waals surface area contributed by atoms with Gasteiger partial charge in [-0.2, -0.15) is 0 Å². The topological polar surface area (TPSA) is 47.4 Å². The van der Waals surface area contributed by atoms with Gasteiger partial charge in [-0.05, 0) is 40.5 Å². The van der Waals surface area contributed by atoms with Crippen LogP contribution in [0.3, 0.4) is 0 Å². The average Bonchev–Trinajstić information content (AvgIpc) is 3.04. The predicted octanol–water partition coefficient (Wildman–Crippen LogP) is 4.60. The monoisotopic (exact) mass is 343 g/mol. The molecule has 1 aromatic heterocycles. The van der Waals surface area contributed by atoms with Gasteiger partial charge in [-0.15, -0.1) is 0 Å². The predicted molar refractivity (Wildman–Crippen MR) is 101 cm³/mol. The normalized spacial score (nSPS) is 17.1. The highest BCUT2D eigenvalue weighted by atomic mass is 16.6. The van der Waals surface area contributed by atoms with Crippen molar-refractivity contribution in [2.75, 3.05) is 13.1 Å². The fourth-order valence-corrected chi connectivity index (χ4v) is 2.92. The molecule has 5 nitrogen and oxygen atoms in total. The lowest BCUT2D eigenvalue weighted by atomic mass is 10.0. The number of aromatic nitrogens is 2. The molecule has 0 spiro atoms. The Balaban J connectivity index is 2.06. The molecule has 0 aromatic carbocycles. The van der Waals surface area contributed by atoms with Crippen molar-refractivity contribution in [3.05, 3.63) is 49.1 Å². The van der Waals surface area contributed by atoms with Crippen LogP contribution in [0.25, 0.3) is 5.57 Å². The first kappa shape index (κ1) is 19.0. The molecule has 0 aliphatic carbocycles. The minimum atomic E-state index is -0.456. The third-order valence-corrected chi connectivity index (χ3v) is 4.12. The molecule has 1 amide bonds. The zero-order valence-electron chi connectivity index (χ0n) is 15.7.